The van der Waals surface area contributed by atoms with Gasteiger partial charge in [0.05, 0.1) is 18.5 Å². The van der Waals surface area contributed by atoms with E-state index in [0.717, 1.165) is 31.7 Å². The maximum absolute atomic E-state index is 10.4. The number of nitriles is 1. The Morgan fingerprint density at radius 2 is 2.12 bits per heavy atom. The summed E-state index contributed by atoms with van der Waals surface area (Å²) in [7, 11) is 0. The smallest absolute Gasteiger partial charge is 0.170 e. The van der Waals surface area contributed by atoms with E-state index in [0.29, 0.717) is 12.0 Å². The van der Waals surface area contributed by atoms with Gasteiger partial charge in [-0.2, -0.15) is 5.26 Å². The molecule has 0 aliphatic carbocycles. The van der Waals surface area contributed by atoms with E-state index in [4.69, 9.17) is 5.26 Å². The van der Waals surface area contributed by atoms with Crippen LogP contribution in [0.25, 0.3) is 0 Å². The van der Waals surface area contributed by atoms with Crippen molar-refractivity contribution in [2.45, 2.75) is 12.8 Å². The number of aldehydes is 1. The predicted molar refractivity (Wildman–Crippen MR) is 58.0 cm³/mol. The Bertz CT molecular complexity index is 401. The summed E-state index contributed by atoms with van der Waals surface area (Å²) in [6.45, 7) is 1.65. The highest BCUT2D eigenvalue weighted by Gasteiger charge is 2.19. The lowest BCUT2D eigenvalue weighted by molar-refractivity contribution is 0.111. The zero-order chi connectivity index (χ0) is 11.4. The number of aromatic nitrogens is 2. The summed E-state index contributed by atoms with van der Waals surface area (Å²) >= 11 is 0. The molecule has 16 heavy (non-hydrogen) atoms. The van der Waals surface area contributed by atoms with E-state index in [2.05, 4.69) is 20.9 Å². The summed E-state index contributed by atoms with van der Waals surface area (Å²) in [4.78, 5) is 20.7. The molecule has 2 rings (SSSR count). The lowest BCUT2D eigenvalue weighted by atomic mass is 9.99. The predicted octanol–water partition coefficient (Wildman–Crippen LogP) is 1.03. The molecule has 82 valence electrons. The van der Waals surface area contributed by atoms with Crippen molar-refractivity contribution in [3.8, 4) is 6.07 Å². The monoisotopic (exact) mass is 216 g/mol. The molecule has 0 saturated carbocycles. The molecule has 0 N–H and O–H groups in total. The average Bonchev–Trinajstić information content (AvgIpc) is 2.39. The minimum Gasteiger partial charge on any atom is -0.355 e. The number of carbonyl (C=O) groups is 1. The van der Waals surface area contributed by atoms with E-state index in [1.807, 2.05) is 0 Å². The molecule has 0 atom stereocenters. The molecule has 0 aromatic carbocycles. The van der Waals surface area contributed by atoms with Gasteiger partial charge in [-0.1, -0.05) is 0 Å². The van der Waals surface area contributed by atoms with Crippen molar-refractivity contribution in [2.75, 3.05) is 18.0 Å². The average molecular weight is 216 g/mol. The number of hydrogen-bond donors (Lipinski definition) is 0. The Balaban J connectivity index is 2.03. The van der Waals surface area contributed by atoms with Crippen LogP contribution in [0.15, 0.2) is 12.4 Å². The topological polar surface area (TPSA) is 69.9 Å². The molecule has 1 aliphatic heterocycles. The first-order valence-electron chi connectivity index (χ1n) is 5.25. The van der Waals surface area contributed by atoms with E-state index in [1.165, 1.54) is 6.20 Å². The lowest BCUT2D eigenvalue weighted by Gasteiger charge is -2.29. The standard InChI is InChI=1S/C11H12N4O/c12-5-9-1-3-15(4-2-9)11-7-13-10(8-16)6-14-11/h6-9H,1-4H2. The van der Waals surface area contributed by atoms with Gasteiger partial charge in [-0.15, -0.1) is 0 Å². The summed E-state index contributed by atoms with van der Waals surface area (Å²) in [5.74, 6) is 0.945. The summed E-state index contributed by atoms with van der Waals surface area (Å²) in [6.07, 6.45) is 5.50. The third-order valence-electron chi connectivity index (χ3n) is 2.78. The summed E-state index contributed by atoms with van der Waals surface area (Å²) in [6, 6.07) is 2.29. The number of hydrogen-bond acceptors (Lipinski definition) is 5. The molecule has 1 saturated heterocycles. The summed E-state index contributed by atoms with van der Waals surface area (Å²) < 4.78 is 0. The second-order valence-corrected chi connectivity index (χ2v) is 3.81. The number of rotatable bonds is 2. The molecule has 1 fully saturated rings. The van der Waals surface area contributed by atoms with E-state index in [9.17, 15) is 4.79 Å². The molecule has 0 spiro atoms. The van der Waals surface area contributed by atoms with Crippen molar-refractivity contribution in [1.29, 1.82) is 5.26 Å². The molecular formula is C11H12N4O. The normalized spacial score (nSPS) is 16.8. The molecule has 2 heterocycles. The zero-order valence-corrected chi connectivity index (χ0v) is 8.83. The number of nitrogens with zero attached hydrogens (tertiary/aromatic N) is 4. The summed E-state index contributed by atoms with van der Waals surface area (Å²) in [5, 5.41) is 8.78. The first-order chi connectivity index (χ1) is 7.83. The van der Waals surface area contributed by atoms with Gasteiger partial charge in [0.15, 0.2) is 6.29 Å². The molecule has 0 unspecified atom stereocenters. The van der Waals surface area contributed by atoms with Crippen molar-refractivity contribution in [3.63, 3.8) is 0 Å². The summed E-state index contributed by atoms with van der Waals surface area (Å²) in [5.41, 5.74) is 0.343. The van der Waals surface area contributed by atoms with E-state index >= 15 is 0 Å². The molecule has 0 amide bonds. The fourth-order valence-electron chi connectivity index (χ4n) is 1.79. The number of carbonyl (C=O) groups excluding carboxylic acids is 1. The maximum atomic E-state index is 10.4. The van der Waals surface area contributed by atoms with Gasteiger partial charge in [0.1, 0.15) is 11.5 Å². The third kappa shape index (κ3) is 2.16. The largest absolute Gasteiger partial charge is 0.355 e. The highest BCUT2D eigenvalue weighted by Crippen LogP contribution is 2.20. The van der Waals surface area contributed by atoms with Crippen LogP contribution in [0.4, 0.5) is 5.82 Å². The highest BCUT2D eigenvalue weighted by atomic mass is 16.1. The van der Waals surface area contributed by atoms with Gasteiger partial charge in [-0.25, -0.2) is 9.97 Å². The van der Waals surface area contributed by atoms with Crippen LogP contribution in [0.2, 0.25) is 0 Å². The fourth-order valence-corrected chi connectivity index (χ4v) is 1.79. The van der Waals surface area contributed by atoms with Gasteiger partial charge >= 0.3 is 0 Å². The van der Waals surface area contributed by atoms with Crippen molar-refractivity contribution in [1.82, 2.24) is 9.97 Å². The van der Waals surface area contributed by atoms with Gasteiger partial charge in [-0.05, 0) is 12.8 Å². The fraction of sp³-hybridized carbons (Fsp3) is 0.455. The van der Waals surface area contributed by atoms with Crippen LogP contribution in [0.3, 0.4) is 0 Å². The molecular weight excluding hydrogens is 204 g/mol. The number of piperidine rings is 1. The molecule has 0 radical (unpaired) electrons. The Hall–Kier alpha value is -1.96. The molecule has 5 nitrogen and oxygen atoms in total. The Morgan fingerprint density at radius 3 is 2.62 bits per heavy atom. The maximum Gasteiger partial charge on any atom is 0.170 e. The van der Waals surface area contributed by atoms with Crippen molar-refractivity contribution < 1.29 is 4.79 Å². The van der Waals surface area contributed by atoms with Crippen LogP contribution < -0.4 is 4.90 Å². The van der Waals surface area contributed by atoms with Gasteiger partial charge in [0, 0.05) is 19.0 Å². The quantitative estimate of drug-likeness (QED) is 0.690. The lowest BCUT2D eigenvalue weighted by Crippen LogP contribution is -2.33. The van der Waals surface area contributed by atoms with Crippen LogP contribution in [0.5, 0.6) is 0 Å². The zero-order valence-electron chi connectivity index (χ0n) is 8.83. The number of anilines is 1. The van der Waals surface area contributed by atoms with Crippen LogP contribution in [0.1, 0.15) is 23.3 Å². The minimum atomic E-state index is 0.165. The molecule has 1 aromatic rings. The van der Waals surface area contributed by atoms with Gasteiger partial charge in [0.25, 0.3) is 0 Å². The molecule has 0 bridgehead atoms. The first kappa shape index (κ1) is 10.6. The Labute approximate surface area is 93.7 Å². The van der Waals surface area contributed by atoms with E-state index in [-0.39, 0.29) is 5.92 Å². The van der Waals surface area contributed by atoms with Gasteiger partial charge < -0.3 is 4.90 Å². The molecule has 1 aromatic heterocycles. The minimum absolute atomic E-state index is 0.165. The molecule has 5 heteroatoms. The van der Waals surface area contributed by atoms with Gasteiger partial charge in [-0.3, -0.25) is 4.79 Å². The Morgan fingerprint density at radius 1 is 1.38 bits per heavy atom. The highest BCUT2D eigenvalue weighted by molar-refractivity contribution is 5.71. The van der Waals surface area contributed by atoms with Crippen LogP contribution in [0, 0.1) is 17.2 Å². The van der Waals surface area contributed by atoms with Crippen molar-refractivity contribution in [3.05, 3.63) is 18.1 Å². The second-order valence-electron chi connectivity index (χ2n) is 3.81. The van der Waals surface area contributed by atoms with E-state index in [1.54, 1.807) is 6.20 Å². The van der Waals surface area contributed by atoms with Gasteiger partial charge in [0.2, 0.25) is 0 Å². The van der Waals surface area contributed by atoms with Crippen LogP contribution in [-0.2, 0) is 0 Å². The van der Waals surface area contributed by atoms with Crippen LogP contribution in [-0.4, -0.2) is 29.3 Å². The second kappa shape index (κ2) is 4.71. The third-order valence-corrected chi connectivity index (χ3v) is 2.78. The van der Waals surface area contributed by atoms with Crippen molar-refractivity contribution in [2.24, 2.45) is 5.92 Å². The Kier molecular flexibility index (Phi) is 3.10. The van der Waals surface area contributed by atoms with Crippen molar-refractivity contribution >= 4 is 12.1 Å². The molecule has 1 aliphatic rings. The van der Waals surface area contributed by atoms with E-state index < -0.39 is 0 Å². The first-order valence-corrected chi connectivity index (χ1v) is 5.25. The van der Waals surface area contributed by atoms with Crippen LogP contribution >= 0.6 is 0 Å². The SMILES string of the molecule is N#CC1CCN(c2cnc(C=O)cn2)CC1.